The lowest BCUT2D eigenvalue weighted by Crippen LogP contribution is -2.21. The summed E-state index contributed by atoms with van der Waals surface area (Å²) in [5.41, 5.74) is 3.07. The van der Waals surface area contributed by atoms with E-state index < -0.39 is 6.10 Å². The van der Waals surface area contributed by atoms with Crippen molar-refractivity contribution in [2.75, 3.05) is 5.32 Å². The summed E-state index contributed by atoms with van der Waals surface area (Å²) in [6.07, 6.45) is 1.87. The summed E-state index contributed by atoms with van der Waals surface area (Å²) in [5.74, 6) is 1.71. The second-order valence-electron chi connectivity index (χ2n) is 5.67. The van der Waals surface area contributed by atoms with Crippen LogP contribution in [0.3, 0.4) is 0 Å². The lowest BCUT2D eigenvalue weighted by molar-refractivity contribution is 0.165. The van der Waals surface area contributed by atoms with Gasteiger partial charge in [0, 0.05) is 18.2 Å². The van der Waals surface area contributed by atoms with Gasteiger partial charge in [-0.1, -0.05) is 29.4 Å². The fourth-order valence-electron chi connectivity index (χ4n) is 2.96. The van der Waals surface area contributed by atoms with Crippen LogP contribution < -0.4 is 5.32 Å². The number of aliphatic hydroxyl groups is 1. The summed E-state index contributed by atoms with van der Waals surface area (Å²) in [5, 5.41) is 17.4. The van der Waals surface area contributed by atoms with E-state index in [0.717, 1.165) is 11.1 Å². The van der Waals surface area contributed by atoms with Gasteiger partial charge in [-0.25, -0.2) is 4.98 Å². The Balaban J connectivity index is 1.62. The fraction of sp³-hybridized carbons (Fsp3) is 0.235. The summed E-state index contributed by atoms with van der Waals surface area (Å²) in [7, 11) is 0. The van der Waals surface area contributed by atoms with E-state index in [0.29, 0.717) is 24.0 Å². The summed E-state index contributed by atoms with van der Waals surface area (Å²) in [4.78, 5) is 8.55. The molecular formula is C17H16N4O2. The van der Waals surface area contributed by atoms with E-state index in [1.54, 1.807) is 13.1 Å². The van der Waals surface area contributed by atoms with Crippen molar-refractivity contribution in [2.24, 2.45) is 0 Å². The molecule has 0 radical (unpaired) electrons. The molecule has 116 valence electrons. The second-order valence-corrected chi connectivity index (χ2v) is 5.67. The highest BCUT2D eigenvalue weighted by Gasteiger charge is 2.30. The van der Waals surface area contributed by atoms with Crippen molar-refractivity contribution in [3.8, 4) is 11.5 Å². The zero-order valence-corrected chi connectivity index (χ0v) is 12.6. The molecule has 0 saturated heterocycles. The van der Waals surface area contributed by atoms with Crippen LogP contribution in [0.25, 0.3) is 11.5 Å². The van der Waals surface area contributed by atoms with Crippen molar-refractivity contribution < 1.29 is 9.63 Å². The second kappa shape index (κ2) is 5.48. The summed E-state index contributed by atoms with van der Waals surface area (Å²) >= 11 is 0. The molecule has 1 aromatic carbocycles. The van der Waals surface area contributed by atoms with E-state index in [9.17, 15) is 5.11 Å². The number of aryl methyl sites for hydroxylation is 1. The molecule has 1 aliphatic carbocycles. The SMILES string of the molecule is Cc1noc(-c2ccnc(N[C@H]3c4ccccc4C[C@H]3O)c2)n1. The molecule has 0 saturated carbocycles. The number of nitrogens with zero attached hydrogens (tertiary/aromatic N) is 3. The van der Waals surface area contributed by atoms with E-state index in [-0.39, 0.29) is 6.04 Å². The fourth-order valence-corrected chi connectivity index (χ4v) is 2.96. The van der Waals surface area contributed by atoms with Gasteiger partial charge in [-0.3, -0.25) is 0 Å². The Hall–Kier alpha value is -2.73. The zero-order valence-electron chi connectivity index (χ0n) is 12.6. The van der Waals surface area contributed by atoms with Gasteiger partial charge >= 0.3 is 0 Å². The molecule has 0 spiro atoms. The van der Waals surface area contributed by atoms with Gasteiger partial charge in [0.05, 0.1) is 12.1 Å². The van der Waals surface area contributed by atoms with E-state index >= 15 is 0 Å². The molecule has 0 amide bonds. The number of hydrogen-bond acceptors (Lipinski definition) is 6. The molecule has 2 N–H and O–H groups in total. The predicted octanol–water partition coefficient (Wildman–Crippen LogP) is 2.51. The molecule has 23 heavy (non-hydrogen) atoms. The van der Waals surface area contributed by atoms with Gasteiger partial charge in [0.25, 0.3) is 5.89 Å². The highest BCUT2D eigenvalue weighted by atomic mass is 16.5. The van der Waals surface area contributed by atoms with Crippen molar-refractivity contribution in [3.05, 3.63) is 59.5 Å². The number of aliphatic hydroxyl groups excluding tert-OH is 1. The first-order valence-electron chi connectivity index (χ1n) is 7.50. The van der Waals surface area contributed by atoms with Crippen LogP contribution in [0.5, 0.6) is 0 Å². The molecular weight excluding hydrogens is 292 g/mol. The minimum atomic E-state index is -0.469. The molecule has 3 aromatic rings. The average molecular weight is 308 g/mol. The molecule has 0 bridgehead atoms. The Morgan fingerprint density at radius 2 is 2.13 bits per heavy atom. The Labute approximate surface area is 133 Å². The molecule has 0 fully saturated rings. The maximum Gasteiger partial charge on any atom is 0.258 e. The van der Waals surface area contributed by atoms with Crippen LogP contribution >= 0.6 is 0 Å². The van der Waals surface area contributed by atoms with Crippen molar-refractivity contribution in [3.63, 3.8) is 0 Å². The number of nitrogens with one attached hydrogen (secondary N) is 1. The van der Waals surface area contributed by atoms with Crippen LogP contribution in [0.15, 0.2) is 47.1 Å². The normalized spacial score (nSPS) is 19.6. The van der Waals surface area contributed by atoms with Crippen molar-refractivity contribution in [1.29, 1.82) is 0 Å². The van der Waals surface area contributed by atoms with E-state index in [2.05, 4.69) is 20.4 Å². The first kappa shape index (κ1) is 13.9. The van der Waals surface area contributed by atoms with Crippen molar-refractivity contribution >= 4 is 5.82 Å². The van der Waals surface area contributed by atoms with Gasteiger partial charge in [-0.2, -0.15) is 4.98 Å². The van der Waals surface area contributed by atoms with Crippen LogP contribution in [-0.2, 0) is 6.42 Å². The molecule has 2 heterocycles. The topological polar surface area (TPSA) is 84.1 Å². The van der Waals surface area contributed by atoms with Gasteiger partial charge in [0.2, 0.25) is 0 Å². The molecule has 0 unspecified atom stereocenters. The quantitative estimate of drug-likeness (QED) is 0.773. The highest BCUT2D eigenvalue weighted by molar-refractivity contribution is 5.58. The molecule has 1 aliphatic rings. The van der Waals surface area contributed by atoms with Crippen LogP contribution in [0, 0.1) is 6.92 Å². The van der Waals surface area contributed by atoms with E-state index in [4.69, 9.17) is 4.52 Å². The minimum Gasteiger partial charge on any atom is -0.390 e. The molecule has 2 atom stereocenters. The number of benzene rings is 1. The summed E-state index contributed by atoms with van der Waals surface area (Å²) < 4.78 is 5.19. The van der Waals surface area contributed by atoms with E-state index in [1.807, 2.05) is 36.4 Å². The number of rotatable bonds is 3. The first-order valence-corrected chi connectivity index (χ1v) is 7.50. The van der Waals surface area contributed by atoms with Gasteiger partial charge in [-0.15, -0.1) is 0 Å². The Kier molecular flexibility index (Phi) is 3.31. The standard InChI is InChI=1S/C17H16N4O2/c1-10-19-17(23-21-10)12-6-7-18-15(9-12)20-16-13-5-3-2-4-11(13)8-14(16)22/h2-7,9,14,16,22H,8H2,1H3,(H,18,20)/t14-,16+/m1/s1. The number of fused-ring (bicyclic) bond motifs is 1. The van der Waals surface area contributed by atoms with Crippen LogP contribution in [0.4, 0.5) is 5.82 Å². The Bertz CT molecular complexity index is 846. The first-order chi connectivity index (χ1) is 11.2. The molecule has 6 nitrogen and oxygen atoms in total. The van der Waals surface area contributed by atoms with E-state index in [1.165, 1.54) is 5.56 Å². The zero-order chi connectivity index (χ0) is 15.8. The number of aromatic nitrogens is 3. The monoisotopic (exact) mass is 308 g/mol. The molecule has 4 rings (SSSR count). The summed E-state index contributed by atoms with van der Waals surface area (Å²) in [6, 6.07) is 11.6. The summed E-state index contributed by atoms with van der Waals surface area (Å²) in [6.45, 7) is 1.78. The number of hydrogen-bond donors (Lipinski definition) is 2. The maximum atomic E-state index is 10.3. The third-order valence-corrected chi connectivity index (χ3v) is 4.04. The molecule has 2 aromatic heterocycles. The number of anilines is 1. The van der Waals surface area contributed by atoms with Gasteiger partial charge < -0.3 is 14.9 Å². The third-order valence-electron chi connectivity index (χ3n) is 4.04. The van der Waals surface area contributed by atoms with Crippen LogP contribution in [-0.4, -0.2) is 26.3 Å². The van der Waals surface area contributed by atoms with Gasteiger partial charge in [-0.05, 0) is 30.2 Å². The third kappa shape index (κ3) is 2.57. The average Bonchev–Trinajstić information content (AvgIpc) is 3.12. The Morgan fingerprint density at radius 3 is 2.96 bits per heavy atom. The highest BCUT2D eigenvalue weighted by Crippen LogP contribution is 2.34. The Morgan fingerprint density at radius 1 is 1.26 bits per heavy atom. The van der Waals surface area contributed by atoms with Crippen molar-refractivity contribution in [2.45, 2.75) is 25.5 Å². The van der Waals surface area contributed by atoms with Crippen LogP contribution in [0.2, 0.25) is 0 Å². The molecule has 6 heteroatoms. The van der Waals surface area contributed by atoms with Gasteiger partial charge in [0.15, 0.2) is 5.82 Å². The smallest absolute Gasteiger partial charge is 0.258 e. The molecule has 0 aliphatic heterocycles. The lowest BCUT2D eigenvalue weighted by Gasteiger charge is -2.18. The lowest BCUT2D eigenvalue weighted by atomic mass is 10.1. The maximum absolute atomic E-state index is 10.3. The van der Waals surface area contributed by atoms with Gasteiger partial charge in [0.1, 0.15) is 5.82 Å². The van der Waals surface area contributed by atoms with Crippen LogP contribution in [0.1, 0.15) is 23.0 Å². The minimum absolute atomic E-state index is 0.168. The van der Waals surface area contributed by atoms with Crippen molar-refractivity contribution in [1.82, 2.24) is 15.1 Å². The predicted molar refractivity (Wildman–Crippen MR) is 84.8 cm³/mol. The number of pyridine rings is 1. The largest absolute Gasteiger partial charge is 0.390 e.